The van der Waals surface area contributed by atoms with E-state index < -0.39 is 0 Å². The molecular weight excluding hydrogens is 318 g/mol. The summed E-state index contributed by atoms with van der Waals surface area (Å²) in [5.74, 6) is 2.18. The van der Waals surface area contributed by atoms with Crippen molar-refractivity contribution in [1.29, 1.82) is 0 Å². The summed E-state index contributed by atoms with van der Waals surface area (Å²) < 4.78 is 5.55. The molecular formula is C18H25N5O2. The Morgan fingerprint density at radius 3 is 2.84 bits per heavy atom. The van der Waals surface area contributed by atoms with E-state index in [9.17, 15) is 4.79 Å². The van der Waals surface area contributed by atoms with Crippen LogP contribution in [0.4, 0.5) is 4.79 Å². The number of rotatable bonds is 5. The number of carbonyl (C=O) groups is 1. The Bertz CT molecular complexity index is 693. The lowest BCUT2D eigenvalue weighted by Gasteiger charge is -2.31. The SMILES string of the molecule is CCOc1ccc(CNC(=O)N2CCC(c3ncn[nH]3)CC2)cc1C. The molecule has 2 aromatic rings. The Morgan fingerprint density at radius 1 is 1.40 bits per heavy atom. The summed E-state index contributed by atoms with van der Waals surface area (Å²) in [6, 6.07) is 6.00. The maximum Gasteiger partial charge on any atom is 0.317 e. The number of carbonyl (C=O) groups excluding carboxylic acids is 1. The lowest BCUT2D eigenvalue weighted by molar-refractivity contribution is 0.180. The molecule has 0 spiro atoms. The van der Waals surface area contributed by atoms with Crippen molar-refractivity contribution in [2.24, 2.45) is 0 Å². The maximum atomic E-state index is 12.4. The minimum atomic E-state index is -0.0115. The fourth-order valence-electron chi connectivity index (χ4n) is 3.20. The van der Waals surface area contributed by atoms with Crippen LogP contribution in [-0.4, -0.2) is 45.8 Å². The van der Waals surface area contributed by atoms with Gasteiger partial charge < -0.3 is 15.0 Å². The van der Waals surface area contributed by atoms with E-state index in [2.05, 4.69) is 26.6 Å². The van der Waals surface area contributed by atoms with Crippen LogP contribution < -0.4 is 10.1 Å². The third-order valence-electron chi connectivity index (χ3n) is 4.59. The number of ether oxygens (including phenoxy) is 1. The molecule has 7 heteroatoms. The van der Waals surface area contributed by atoms with Crippen LogP contribution in [-0.2, 0) is 6.54 Å². The van der Waals surface area contributed by atoms with Gasteiger partial charge in [-0.25, -0.2) is 9.78 Å². The van der Waals surface area contributed by atoms with Crippen molar-refractivity contribution in [3.05, 3.63) is 41.5 Å². The summed E-state index contributed by atoms with van der Waals surface area (Å²) in [4.78, 5) is 18.5. The molecule has 0 aliphatic carbocycles. The number of H-pyrrole nitrogens is 1. The van der Waals surface area contributed by atoms with E-state index >= 15 is 0 Å². The number of hydrogen-bond acceptors (Lipinski definition) is 4. The molecule has 2 heterocycles. The molecule has 25 heavy (non-hydrogen) atoms. The number of aryl methyl sites for hydroxylation is 1. The van der Waals surface area contributed by atoms with E-state index in [1.165, 1.54) is 6.33 Å². The first-order valence-electron chi connectivity index (χ1n) is 8.77. The van der Waals surface area contributed by atoms with Crippen LogP contribution in [0.1, 0.15) is 42.6 Å². The number of benzene rings is 1. The van der Waals surface area contributed by atoms with E-state index in [1.807, 2.05) is 30.9 Å². The van der Waals surface area contributed by atoms with Crippen LogP contribution in [0.15, 0.2) is 24.5 Å². The predicted octanol–water partition coefficient (Wildman–Crippen LogP) is 2.60. The van der Waals surface area contributed by atoms with Crippen LogP contribution in [0.2, 0.25) is 0 Å². The summed E-state index contributed by atoms with van der Waals surface area (Å²) in [6.45, 7) is 6.64. The van der Waals surface area contributed by atoms with Gasteiger partial charge in [0.25, 0.3) is 0 Å². The van der Waals surface area contributed by atoms with Gasteiger partial charge in [0.05, 0.1) is 6.61 Å². The zero-order valence-electron chi connectivity index (χ0n) is 14.8. The molecule has 7 nitrogen and oxygen atoms in total. The normalized spacial score (nSPS) is 15.2. The van der Waals surface area contributed by atoms with Crippen molar-refractivity contribution in [1.82, 2.24) is 25.4 Å². The number of likely N-dealkylation sites (tertiary alicyclic amines) is 1. The third kappa shape index (κ3) is 4.29. The lowest BCUT2D eigenvalue weighted by Crippen LogP contribution is -2.43. The van der Waals surface area contributed by atoms with Gasteiger partial charge in [0, 0.05) is 25.6 Å². The molecule has 1 saturated heterocycles. The zero-order valence-corrected chi connectivity index (χ0v) is 14.8. The molecule has 3 rings (SSSR count). The summed E-state index contributed by atoms with van der Waals surface area (Å²) in [6.07, 6.45) is 3.35. The number of piperidine rings is 1. The first-order chi connectivity index (χ1) is 12.2. The summed E-state index contributed by atoms with van der Waals surface area (Å²) in [7, 11) is 0. The average molecular weight is 343 g/mol. The van der Waals surface area contributed by atoms with Crippen molar-refractivity contribution in [3.63, 3.8) is 0 Å². The lowest BCUT2D eigenvalue weighted by atomic mass is 9.96. The number of aromatic nitrogens is 3. The van der Waals surface area contributed by atoms with Gasteiger partial charge in [0.1, 0.15) is 17.9 Å². The highest BCUT2D eigenvalue weighted by atomic mass is 16.5. The molecule has 1 aromatic heterocycles. The predicted molar refractivity (Wildman–Crippen MR) is 94.5 cm³/mol. The molecule has 0 bridgehead atoms. The molecule has 0 atom stereocenters. The Hall–Kier alpha value is -2.57. The van der Waals surface area contributed by atoms with Gasteiger partial charge in [0.2, 0.25) is 0 Å². The van der Waals surface area contributed by atoms with Gasteiger partial charge in [-0.2, -0.15) is 5.10 Å². The van der Waals surface area contributed by atoms with Gasteiger partial charge in [-0.3, -0.25) is 5.10 Å². The molecule has 0 unspecified atom stereocenters. The topological polar surface area (TPSA) is 83.1 Å². The van der Waals surface area contributed by atoms with Crippen LogP contribution in [0.3, 0.4) is 0 Å². The van der Waals surface area contributed by atoms with Crippen molar-refractivity contribution >= 4 is 6.03 Å². The number of aromatic amines is 1. The minimum Gasteiger partial charge on any atom is -0.494 e. The summed E-state index contributed by atoms with van der Waals surface area (Å²) >= 11 is 0. The highest BCUT2D eigenvalue weighted by molar-refractivity contribution is 5.74. The Morgan fingerprint density at radius 2 is 2.20 bits per heavy atom. The van der Waals surface area contributed by atoms with E-state index in [0.29, 0.717) is 19.1 Å². The molecule has 1 aromatic carbocycles. The second-order valence-electron chi connectivity index (χ2n) is 6.32. The highest BCUT2D eigenvalue weighted by Gasteiger charge is 2.25. The van der Waals surface area contributed by atoms with Gasteiger partial charge >= 0.3 is 6.03 Å². The standard InChI is InChI=1S/C18H25N5O2/c1-3-25-16-5-4-14(10-13(16)2)11-19-18(24)23-8-6-15(7-9-23)17-20-12-21-22-17/h4-5,10,12,15H,3,6-9,11H2,1-2H3,(H,19,24)(H,20,21,22). The molecule has 1 aliphatic heterocycles. The average Bonchev–Trinajstić information content (AvgIpc) is 3.17. The Balaban J connectivity index is 1.47. The van der Waals surface area contributed by atoms with E-state index in [-0.39, 0.29) is 6.03 Å². The Kier molecular flexibility index (Phi) is 5.53. The van der Waals surface area contributed by atoms with E-state index in [4.69, 9.17) is 4.74 Å². The first kappa shape index (κ1) is 17.3. The van der Waals surface area contributed by atoms with Crippen LogP contribution in [0.25, 0.3) is 0 Å². The fourth-order valence-corrected chi connectivity index (χ4v) is 3.20. The van der Waals surface area contributed by atoms with Crippen LogP contribution in [0.5, 0.6) is 5.75 Å². The molecule has 2 N–H and O–H groups in total. The number of urea groups is 1. The van der Waals surface area contributed by atoms with Gasteiger partial charge in [-0.1, -0.05) is 12.1 Å². The summed E-state index contributed by atoms with van der Waals surface area (Å²) in [5, 5.41) is 9.83. The van der Waals surface area contributed by atoms with Gasteiger partial charge in [-0.05, 0) is 43.9 Å². The molecule has 1 fully saturated rings. The Labute approximate surface area is 147 Å². The third-order valence-corrected chi connectivity index (χ3v) is 4.59. The first-order valence-corrected chi connectivity index (χ1v) is 8.77. The molecule has 0 saturated carbocycles. The smallest absolute Gasteiger partial charge is 0.317 e. The molecule has 1 aliphatic rings. The van der Waals surface area contributed by atoms with Crippen LogP contribution >= 0.6 is 0 Å². The number of amides is 2. The second-order valence-corrected chi connectivity index (χ2v) is 6.32. The second kappa shape index (κ2) is 8.00. The molecule has 2 amide bonds. The highest BCUT2D eigenvalue weighted by Crippen LogP contribution is 2.25. The summed E-state index contributed by atoms with van der Waals surface area (Å²) in [5.41, 5.74) is 2.16. The van der Waals surface area contributed by atoms with E-state index in [0.717, 1.165) is 48.6 Å². The quantitative estimate of drug-likeness (QED) is 0.874. The van der Waals surface area contributed by atoms with Gasteiger partial charge in [0.15, 0.2) is 0 Å². The molecule has 134 valence electrons. The van der Waals surface area contributed by atoms with E-state index in [1.54, 1.807) is 0 Å². The number of hydrogen-bond donors (Lipinski definition) is 2. The number of nitrogens with one attached hydrogen (secondary N) is 2. The van der Waals surface area contributed by atoms with Crippen molar-refractivity contribution in [2.75, 3.05) is 19.7 Å². The largest absolute Gasteiger partial charge is 0.494 e. The van der Waals surface area contributed by atoms with Crippen molar-refractivity contribution < 1.29 is 9.53 Å². The maximum absolute atomic E-state index is 12.4. The van der Waals surface area contributed by atoms with Crippen LogP contribution in [0, 0.1) is 6.92 Å². The zero-order chi connectivity index (χ0) is 17.6. The van der Waals surface area contributed by atoms with Crippen molar-refractivity contribution in [2.45, 2.75) is 39.2 Å². The van der Waals surface area contributed by atoms with Crippen molar-refractivity contribution in [3.8, 4) is 5.75 Å². The van der Waals surface area contributed by atoms with Gasteiger partial charge in [-0.15, -0.1) is 0 Å². The molecule has 0 radical (unpaired) electrons. The fraction of sp³-hybridized carbons (Fsp3) is 0.500. The monoisotopic (exact) mass is 343 g/mol. The number of nitrogens with zero attached hydrogens (tertiary/aromatic N) is 3. The minimum absolute atomic E-state index is 0.0115.